The molecule has 2 aliphatic heterocycles. The lowest BCUT2D eigenvalue weighted by atomic mass is 9.99. The van der Waals surface area contributed by atoms with Gasteiger partial charge in [0.1, 0.15) is 23.9 Å². The minimum absolute atomic E-state index is 0.245. The van der Waals surface area contributed by atoms with Crippen LogP contribution in [0, 0.1) is 0 Å². The molecule has 1 aromatic heterocycles. The third kappa shape index (κ3) is 3.23. The predicted octanol–water partition coefficient (Wildman–Crippen LogP) is 2.84. The van der Waals surface area contributed by atoms with Crippen LogP contribution in [0.25, 0.3) is 0 Å². The zero-order valence-electron chi connectivity index (χ0n) is 15.2. The zero-order valence-corrected chi connectivity index (χ0v) is 15.2. The molecule has 0 aliphatic carbocycles. The molecule has 2 aromatic rings. The summed E-state index contributed by atoms with van der Waals surface area (Å²) in [6, 6.07) is 6.54. The third-order valence-electron chi connectivity index (χ3n) is 5.02. The molecule has 25 heavy (non-hydrogen) atoms. The highest BCUT2D eigenvalue weighted by molar-refractivity contribution is 5.42. The summed E-state index contributed by atoms with van der Waals surface area (Å²) in [7, 11) is 1.70. The number of aryl methyl sites for hydroxylation is 1. The standard InChI is InChI=1S/C19H26N4O2/c1-12(2)18-21-19-16(5-4-8-23(19)22-18)20-14-9-13-10-15(24-3)6-7-17(13)25-11-14/h6-7,10,12,14,16,20H,4-5,8-9,11H2,1-3H3/t14-,16+/m0/s1. The summed E-state index contributed by atoms with van der Waals surface area (Å²) in [6.45, 7) is 5.93. The van der Waals surface area contributed by atoms with Crippen molar-refractivity contribution in [3.05, 3.63) is 35.4 Å². The molecule has 3 heterocycles. The second-order valence-electron chi connectivity index (χ2n) is 7.25. The van der Waals surface area contributed by atoms with Gasteiger partial charge in [0.25, 0.3) is 0 Å². The highest BCUT2D eigenvalue weighted by atomic mass is 16.5. The molecule has 6 heteroatoms. The first-order valence-corrected chi connectivity index (χ1v) is 9.14. The van der Waals surface area contributed by atoms with Crippen LogP contribution in [0.1, 0.15) is 55.9 Å². The van der Waals surface area contributed by atoms with Gasteiger partial charge in [-0.05, 0) is 43.0 Å². The van der Waals surface area contributed by atoms with E-state index in [1.54, 1.807) is 7.11 Å². The van der Waals surface area contributed by atoms with E-state index in [-0.39, 0.29) is 12.1 Å². The van der Waals surface area contributed by atoms with Crippen LogP contribution >= 0.6 is 0 Å². The van der Waals surface area contributed by atoms with Crippen molar-refractivity contribution in [2.45, 2.75) is 57.7 Å². The minimum atomic E-state index is 0.245. The van der Waals surface area contributed by atoms with Crippen molar-refractivity contribution in [2.24, 2.45) is 0 Å². The first-order valence-electron chi connectivity index (χ1n) is 9.14. The van der Waals surface area contributed by atoms with E-state index in [2.05, 4.69) is 35.0 Å². The predicted molar refractivity (Wildman–Crippen MR) is 95.2 cm³/mol. The van der Waals surface area contributed by atoms with Gasteiger partial charge >= 0.3 is 0 Å². The van der Waals surface area contributed by atoms with E-state index in [9.17, 15) is 0 Å². The van der Waals surface area contributed by atoms with Crippen molar-refractivity contribution in [1.29, 1.82) is 0 Å². The normalized spacial score (nSPS) is 22.2. The minimum Gasteiger partial charge on any atom is -0.497 e. The third-order valence-corrected chi connectivity index (χ3v) is 5.02. The maximum atomic E-state index is 5.95. The van der Waals surface area contributed by atoms with Crippen molar-refractivity contribution < 1.29 is 9.47 Å². The Morgan fingerprint density at radius 2 is 2.24 bits per heavy atom. The van der Waals surface area contributed by atoms with Gasteiger partial charge in [0.15, 0.2) is 5.82 Å². The molecule has 0 unspecified atom stereocenters. The lowest BCUT2D eigenvalue weighted by Crippen LogP contribution is -2.43. The Morgan fingerprint density at radius 1 is 1.36 bits per heavy atom. The maximum absolute atomic E-state index is 5.95. The second kappa shape index (κ2) is 6.67. The molecular formula is C19H26N4O2. The van der Waals surface area contributed by atoms with Crippen molar-refractivity contribution in [1.82, 2.24) is 20.1 Å². The van der Waals surface area contributed by atoms with E-state index in [4.69, 9.17) is 14.5 Å². The van der Waals surface area contributed by atoms with E-state index in [0.29, 0.717) is 12.5 Å². The molecule has 0 saturated carbocycles. The summed E-state index contributed by atoms with van der Waals surface area (Å²) in [4.78, 5) is 4.80. The molecule has 0 fully saturated rings. The molecular weight excluding hydrogens is 316 g/mol. The second-order valence-corrected chi connectivity index (χ2v) is 7.25. The quantitative estimate of drug-likeness (QED) is 0.926. The van der Waals surface area contributed by atoms with Gasteiger partial charge in [-0.15, -0.1) is 0 Å². The summed E-state index contributed by atoms with van der Waals surface area (Å²) >= 11 is 0. The number of rotatable bonds is 4. The van der Waals surface area contributed by atoms with E-state index in [1.807, 2.05) is 12.1 Å². The maximum Gasteiger partial charge on any atom is 0.153 e. The fourth-order valence-electron chi connectivity index (χ4n) is 3.66. The number of fused-ring (bicyclic) bond motifs is 2. The first kappa shape index (κ1) is 16.4. The van der Waals surface area contributed by atoms with Crippen molar-refractivity contribution in [3.63, 3.8) is 0 Å². The van der Waals surface area contributed by atoms with Gasteiger partial charge in [-0.3, -0.25) is 0 Å². The Labute approximate surface area is 148 Å². The van der Waals surface area contributed by atoms with Gasteiger partial charge in [-0.25, -0.2) is 9.67 Å². The molecule has 1 aromatic carbocycles. The Kier molecular flexibility index (Phi) is 4.37. The fraction of sp³-hybridized carbons (Fsp3) is 0.579. The van der Waals surface area contributed by atoms with Gasteiger partial charge in [-0.1, -0.05) is 13.8 Å². The summed E-state index contributed by atoms with van der Waals surface area (Å²) in [5.74, 6) is 4.22. The van der Waals surface area contributed by atoms with Crippen LogP contribution in [0.3, 0.4) is 0 Å². The number of hydrogen-bond acceptors (Lipinski definition) is 5. The highest BCUT2D eigenvalue weighted by Gasteiger charge is 2.29. The van der Waals surface area contributed by atoms with Crippen molar-refractivity contribution in [2.75, 3.05) is 13.7 Å². The molecule has 2 aliphatic rings. The van der Waals surface area contributed by atoms with Gasteiger partial charge in [0.05, 0.1) is 13.2 Å². The van der Waals surface area contributed by atoms with Crippen molar-refractivity contribution in [3.8, 4) is 11.5 Å². The fourth-order valence-corrected chi connectivity index (χ4v) is 3.66. The monoisotopic (exact) mass is 342 g/mol. The van der Waals surface area contributed by atoms with E-state index < -0.39 is 0 Å². The number of nitrogens with zero attached hydrogens (tertiary/aromatic N) is 3. The number of nitrogens with one attached hydrogen (secondary N) is 1. The van der Waals surface area contributed by atoms with Gasteiger partial charge in [-0.2, -0.15) is 5.10 Å². The van der Waals surface area contributed by atoms with Crippen LogP contribution in [-0.2, 0) is 13.0 Å². The van der Waals surface area contributed by atoms with E-state index in [1.165, 1.54) is 5.56 Å². The smallest absolute Gasteiger partial charge is 0.153 e. The summed E-state index contributed by atoms with van der Waals surface area (Å²) in [5.41, 5.74) is 1.20. The molecule has 6 nitrogen and oxygen atoms in total. The van der Waals surface area contributed by atoms with Crippen molar-refractivity contribution >= 4 is 0 Å². The summed E-state index contributed by atoms with van der Waals surface area (Å²) < 4.78 is 13.4. The van der Waals surface area contributed by atoms with Crippen LogP contribution in [0.4, 0.5) is 0 Å². The average molecular weight is 342 g/mol. The molecule has 0 amide bonds. The Morgan fingerprint density at radius 3 is 3.04 bits per heavy atom. The molecule has 134 valence electrons. The van der Waals surface area contributed by atoms with Gasteiger partial charge in [0, 0.05) is 18.5 Å². The molecule has 2 atom stereocenters. The van der Waals surface area contributed by atoms with Crippen LogP contribution < -0.4 is 14.8 Å². The van der Waals surface area contributed by atoms with E-state index >= 15 is 0 Å². The Hall–Kier alpha value is -2.08. The van der Waals surface area contributed by atoms with Crippen LogP contribution in [-0.4, -0.2) is 34.5 Å². The Bertz CT molecular complexity index is 756. The topological polar surface area (TPSA) is 61.2 Å². The number of aromatic nitrogens is 3. The number of benzene rings is 1. The molecule has 4 rings (SSSR count). The molecule has 0 bridgehead atoms. The lowest BCUT2D eigenvalue weighted by Gasteiger charge is -2.31. The van der Waals surface area contributed by atoms with Crippen LogP contribution in [0.15, 0.2) is 18.2 Å². The summed E-state index contributed by atoms with van der Waals surface area (Å²) in [6.07, 6.45) is 3.16. The van der Waals surface area contributed by atoms with E-state index in [0.717, 1.165) is 49.0 Å². The molecule has 0 saturated heterocycles. The molecule has 0 radical (unpaired) electrons. The number of ether oxygens (including phenoxy) is 2. The zero-order chi connectivity index (χ0) is 17.4. The SMILES string of the molecule is COc1ccc2c(c1)C[C@H](N[C@@H]1CCCn3nc(C(C)C)nc31)CO2. The highest BCUT2D eigenvalue weighted by Crippen LogP contribution is 2.31. The molecule has 0 spiro atoms. The average Bonchev–Trinajstić information content (AvgIpc) is 3.07. The number of methoxy groups -OCH3 is 1. The van der Waals surface area contributed by atoms with Gasteiger partial charge in [0.2, 0.25) is 0 Å². The Balaban J connectivity index is 1.50. The first-order chi connectivity index (χ1) is 12.1. The van der Waals surface area contributed by atoms with Crippen LogP contribution in [0.5, 0.6) is 11.5 Å². The largest absolute Gasteiger partial charge is 0.497 e. The van der Waals surface area contributed by atoms with Gasteiger partial charge < -0.3 is 14.8 Å². The lowest BCUT2D eigenvalue weighted by molar-refractivity contribution is 0.214. The molecule has 1 N–H and O–H groups in total. The van der Waals surface area contributed by atoms with Crippen LogP contribution in [0.2, 0.25) is 0 Å². The summed E-state index contributed by atoms with van der Waals surface area (Å²) in [5, 5.41) is 8.43. The number of hydrogen-bond donors (Lipinski definition) is 1.